The van der Waals surface area contributed by atoms with Crippen molar-refractivity contribution in [2.24, 2.45) is 0 Å². The van der Waals surface area contributed by atoms with E-state index in [4.69, 9.17) is 9.62 Å². The number of carbonyl (C=O) groups excluding carboxylic acids is 1. The average molecular weight is 156 g/mol. The van der Waals surface area contributed by atoms with E-state index in [0.717, 1.165) is 6.39 Å². The minimum Gasteiger partial charge on any atom is -0.448 e. The molecule has 0 saturated heterocycles. The van der Waals surface area contributed by atoms with Crippen molar-refractivity contribution in [2.45, 2.75) is 6.92 Å². The van der Waals surface area contributed by atoms with Crippen LogP contribution in [0.25, 0.3) is 0 Å². The molecule has 1 N–H and O–H groups in total. The highest BCUT2D eigenvalue weighted by molar-refractivity contribution is 5.91. The Kier molecular flexibility index (Phi) is 1.91. The molecule has 1 aromatic rings. The minimum absolute atomic E-state index is 0.134. The minimum atomic E-state index is -0.573. The van der Waals surface area contributed by atoms with Crippen LogP contribution in [0.4, 0.5) is 0 Å². The summed E-state index contributed by atoms with van der Waals surface area (Å²) >= 11 is 0. The number of hydroxylamine groups is 2. The van der Waals surface area contributed by atoms with Crippen molar-refractivity contribution in [1.29, 1.82) is 0 Å². The number of hydrogen-bond acceptors (Lipinski definition) is 4. The molecule has 0 aliphatic carbocycles. The van der Waals surface area contributed by atoms with Gasteiger partial charge in [0.2, 0.25) is 0 Å². The van der Waals surface area contributed by atoms with Crippen LogP contribution in [0.1, 0.15) is 16.2 Å². The van der Waals surface area contributed by atoms with Gasteiger partial charge in [0.05, 0.1) is 0 Å². The largest absolute Gasteiger partial charge is 0.448 e. The molecule has 0 bridgehead atoms. The van der Waals surface area contributed by atoms with E-state index in [-0.39, 0.29) is 5.69 Å². The van der Waals surface area contributed by atoms with E-state index >= 15 is 0 Å². The average Bonchev–Trinajstić information content (AvgIpc) is 2.33. The third kappa shape index (κ3) is 1.38. The van der Waals surface area contributed by atoms with Crippen LogP contribution in [0.15, 0.2) is 10.8 Å². The van der Waals surface area contributed by atoms with Gasteiger partial charge in [0.25, 0.3) is 5.91 Å². The van der Waals surface area contributed by atoms with Gasteiger partial charge in [-0.05, 0) is 6.92 Å². The van der Waals surface area contributed by atoms with E-state index in [1.54, 1.807) is 6.92 Å². The van der Waals surface area contributed by atoms with E-state index in [0.29, 0.717) is 10.8 Å². The Morgan fingerprint density at radius 1 is 1.82 bits per heavy atom. The number of amides is 1. The molecule has 0 unspecified atom stereocenters. The Morgan fingerprint density at radius 2 is 2.45 bits per heavy atom. The van der Waals surface area contributed by atoms with Crippen LogP contribution < -0.4 is 0 Å². The monoisotopic (exact) mass is 156 g/mol. The summed E-state index contributed by atoms with van der Waals surface area (Å²) in [6, 6.07) is 0. The lowest BCUT2D eigenvalue weighted by Crippen LogP contribution is -2.23. The molecule has 0 aliphatic heterocycles. The SMILES string of the molecule is Cc1ocnc1C(=O)N(C)O. The lowest BCUT2D eigenvalue weighted by atomic mass is 10.3. The van der Waals surface area contributed by atoms with Gasteiger partial charge in [0.1, 0.15) is 5.76 Å². The molecule has 0 radical (unpaired) electrons. The number of aryl methyl sites for hydroxylation is 1. The van der Waals surface area contributed by atoms with Gasteiger partial charge in [-0.3, -0.25) is 10.0 Å². The highest BCUT2D eigenvalue weighted by Gasteiger charge is 2.15. The zero-order valence-corrected chi connectivity index (χ0v) is 6.24. The first-order valence-corrected chi connectivity index (χ1v) is 3.00. The van der Waals surface area contributed by atoms with Crippen molar-refractivity contribution in [3.05, 3.63) is 17.8 Å². The van der Waals surface area contributed by atoms with Crippen molar-refractivity contribution in [1.82, 2.24) is 10.0 Å². The fourth-order valence-corrected chi connectivity index (χ4v) is 0.664. The van der Waals surface area contributed by atoms with E-state index in [9.17, 15) is 4.79 Å². The van der Waals surface area contributed by atoms with Gasteiger partial charge in [-0.1, -0.05) is 0 Å². The van der Waals surface area contributed by atoms with E-state index in [1.807, 2.05) is 0 Å². The quantitative estimate of drug-likeness (QED) is 0.473. The lowest BCUT2D eigenvalue weighted by Gasteiger charge is -2.04. The molecule has 0 aromatic carbocycles. The summed E-state index contributed by atoms with van der Waals surface area (Å²) in [6.45, 7) is 1.60. The normalized spacial score (nSPS) is 9.73. The van der Waals surface area contributed by atoms with Crippen LogP contribution in [-0.4, -0.2) is 28.2 Å². The van der Waals surface area contributed by atoms with Gasteiger partial charge in [0.15, 0.2) is 12.1 Å². The fraction of sp³-hybridized carbons (Fsp3) is 0.333. The molecule has 5 heteroatoms. The fourth-order valence-electron chi connectivity index (χ4n) is 0.664. The summed E-state index contributed by atoms with van der Waals surface area (Å²) in [5.41, 5.74) is 0.134. The van der Waals surface area contributed by atoms with Crippen LogP contribution >= 0.6 is 0 Å². The molecule has 5 nitrogen and oxygen atoms in total. The molecule has 1 amide bonds. The van der Waals surface area contributed by atoms with Crippen LogP contribution in [-0.2, 0) is 0 Å². The third-order valence-electron chi connectivity index (χ3n) is 1.24. The molecule has 1 aromatic heterocycles. The van der Waals surface area contributed by atoms with Gasteiger partial charge in [-0.2, -0.15) is 0 Å². The van der Waals surface area contributed by atoms with E-state index in [1.165, 1.54) is 7.05 Å². The Balaban J connectivity index is 2.93. The van der Waals surface area contributed by atoms with Crippen LogP contribution in [0.5, 0.6) is 0 Å². The summed E-state index contributed by atoms with van der Waals surface area (Å²) in [6.07, 6.45) is 1.16. The Morgan fingerprint density at radius 3 is 2.82 bits per heavy atom. The smallest absolute Gasteiger partial charge is 0.299 e. The van der Waals surface area contributed by atoms with Crippen LogP contribution in [0.2, 0.25) is 0 Å². The van der Waals surface area contributed by atoms with E-state index < -0.39 is 5.91 Å². The highest BCUT2D eigenvalue weighted by Crippen LogP contribution is 2.05. The molecule has 1 heterocycles. The molecule has 60 valence electrons. The number of aromatic nitrogens is 1. The van der Waals surface area contributed by atoms with E-state index in [2.05, 4.69) is 4.98 Å². The molecule has 0 fully saturated rings. The predicted octanol–water partition coefficient (Wildman–Crippen LogP) is 0.444. The van der Waals surface area contributed by atoms with Gasteiger partial charge in [-0.25, -0.2) is 10.0 Å². The molecule has 0 saturated carbocycles. The maximum absolute atomic E-state index is 11.0. The number of carbonyl (C=O) groups is 1. The van der Waals surface area contributed by atoms with Gasteiger partial charge >= 0.3 is 0 Å². The molecular formula is C6H8N2O3. The zero-order valence-electron chi connectivity index (χ0n) is 6.24. The topological polar surface area (TPSA) is 66.6 Å². The summed E-state index contributed by atoms with van der Waals surface area (Å²) in [7, 11) is 1.23. The van der Waals surface area contributed by atoms with Crippen LogP contribution in [0.3, 0.4) is 0 Å². The number of oxazole rings is 1. The van der Waals surface area contributed by atoms with Crippen molar-refractivity contribution in [2.75, 3.05) is 7.05 Å². The van der Waals surface area contributed by atoms with Crippen LogP contribution in [0, 0.1) is 6.92 Å². The first-order valence-electron chi connectivity index (χ1n) is 3.00. The second kappa shape index (κ2) is 2.71. The summed E-state index contributed by atoms with van der Waals surface area (Å²) in [5, 5.41) is 9.18. The second-order valence-corrected chi connectivity index (χ2v) is 2.09. The van der Waals surface area contributed by atoms with Crippen molar-refractivity contribution < 1.29 is 14.4 Å². The molecule has 1 rings (SSSR count). The highest BCUT2D eigenvalue weighted by atomic mass is 16.5. The molecule has 0 atom stereocenters. The lowest BCUT2D eigenvalue weighted by molar-refractivity contribution is -0.0380. The van der Waals surface area contributed by atoms with Crippen molar-refractivity contribution >= 4 is 5.91 Å². The summed E-state index contributed by atoms with van der Waals surface area (Å²) < 4.78 is 4.77. The second-order valence-electron chi connectivity index (χ2n) is 2.09. The molecule has 0 aliphatic rings. The predicted molar refractivity (Wildman–Crippen MR) is 35.1 cm³/mol. The number of hydrogen-bond donors (Lipinski definition) is 1. The summed E-state index contributed by atoms with van der Waals surface area (Å²) in [5.74, 6) is -0.174. The first kappa shape index (κ1) is 7.74. The Labute approximate surface area is 63.2 Å². The summed E-state index contributed by atoms with van der Waals surface area (Å²) in [4.78, 5) is 14.6. The third-order valence-corrected chi connectivity index (χ3v) is 1.24. The standard InChI is InChI=1S/C6H8N2O3/c1-4-5(7-3-11-4)6(9)8(2)10/h3,10H,1-2H3. The van der Waals surface area contributed by atoms with Gasteiger partial charge in [0, 0.05) is 7.05 Å². The molecule has 0 spiro atoms. The number of rotatable bonds is 1. The zero-order chi connectivity index (χ0) is 8.43. The Bertz CT molecular complexity index is 267. The van der Waals surface area contributed by atoms with Crippen molar-refractivity contribution in [3.8, 4) is 0 Å². The Hall–Kier alpha value is -1.36. The first-order chi connectivity index (χ1) is 5.13. The van der Waals surface area contributed by atoms with Gasteiger partial charge in [-0.15, -0.1) is 0 Å². The number of nitrogens with zero attached hydrogens (tertiary/aromatic N) is 2. The van der Waals surface area contributed by atoms with Gasteiger partial charge < -0.3 is 4.42 Å². The molecule has 11 heavy (non-hydrogen) atoms. The maximum atomic E-state index is 11.0. The molecular weight excluding hydrogens is 148 g/mol. The van der Waals surface area contributed by atoms with Crippen molar-refractivity contribution in [3.63, 3.8) is 0 Å². The maximum Gasteiger partial charge on any atom is 0.299 e.